The predicted molar refractivity (Wildman–Crippen MR) is 59.1 cm³/mol. The minimum Gasteiger partial charge on any atom is -0.397 e. The second-order valence-electron chi connectivity index (χ2n) is 3.29. The van der Waals surface area contributed by atoms with Crippen LogP contribution >= 0.6 is 15.9 Å². The van der Waals surface area contributed by atoms with Crippen LogP contribution in [0.25, 0.3) is 0 Å². The number of hydrogen-bond acceptors (Lipinski definition) is 3. The van der Waals surface area contributed by atoms with Crippen LogP contribution in [0.2, 0.25) is 0 Å². The smallest absolute Gasteiger partial charge is 0.397 e. The summed E-state index contributed by atoms with van der Waals surface area (Å²) in [6, 6.07) is 2.17. The highest BCUT2D eigenvalue weighted by molar-refractivity contribution is 9.10. The van der Waals surface area contributed by atoms with Crippen LogP contribution in [0, 0.1) is 5.82 Å². The van der Waals surface area contributed by atoms with Crippen LogP contribution in [0.15, 0.2) is 16.6 Å². The highest BCUT2D eigenvalue weighted by Crippen LogP contribution is 2.27. The lowest BCUT2D eigenvalue weighted by Gasteiger charge is -2.16. The van der Waals surface area contributed by atoms with Gasteiger partial charge in [-0.25, -0.2) is 4.39 Å². The number of nitrogens with one attached hydrogen (secondary N) is 1. The molecule has 0 amide bonds. The molecule has 0 saturated carbocycles. The molecular formula is C9H9BrF4N2O. The molecule has 4 N–H and O–H groups in total. The first-order valence-corrected chi connectivity index (χ1v) is 5.24. The molecule has 8 heteroatoms. The summed E-state index contributed by atoms with van der Waals surface area (Å²) >= 11 is 2.88. The highest BCUT2D eigenvalue weighted by Gasteiger charge is 2.37. The topological polar surface area (TPSA) is 58.3 Å². The molecular weight excluding hydrogens is 308 g/mol. The van der Waals surface area contributed by atoms with Gasteiger partial charge in [0.2, 0.25) is 0 Å². The molecule has 0 aliphatic rings. The van der Waals surface area contributed by atoms with Crippen molar-refractivity contribution in [2.75, 3.05) is 17.6 Å². The normalized spacial score (nSPS) is 13.5. The summed E-state index contributed by atoms with van der Waals surface area (Å²) in [6.07, 6.45) is -7.26. The zero-order valence-electron chi connectivity index (χ0n) is 8.35. The number of halogens is 5. The monoisotopic (exact) mass is 316 g/mol. The van der Waals surface area contributed by atoms with Crippen molar-refractivity contribution in [3.8, 4) is 0 Å². The predicted octanol–water partition coefficient (Wildman–Crippen LogP) is 2.51. The molecule has 1 aromatic carbocycles. The van der Waals surface area contributed by atoms with Crippen molar-refractivity contribution >= 4 is 27.3 Å². The van der Waals surface area contributed by atoms with Gasteiger partial charge in [-0.2, -0.15) is 13.2 Å². The molecule has 96 valence electrons. The van der Waals surface area contributed by atoms with Crippen LogP contribution in [-0.4, -0.2) is 23.9 Å². The van der Waals surface area contributed by atoms with E-state index in [9.17, 15) is 17.6 Å². The Morgan fingerprint density at radius 1 is 1.41 bits per heavy atom. The summed E-state index contributed by atoms with van der Waals surface area (Å²) in [4.78, 5) is 0. The van der Waals surface area contributed by atoms with Crippen molar-refractivity contribution in [3.05, 3.63) is 22.4 Å². The van der Waals surface area contributed by atoms with Crippen LogP contribution in [0.1, 0.15) is 0 Å². The highest BCUT2D eigenvalue weighted by atomic mass is 79.9. The van der Waals surface area contributed by atoms with Gasteiger partial charge in [-0.3, -0.25) is 0 Å². The molecule has 0 aromatic heterocycles. The average Bonchev–Trinajstić information content (AvgIpc) is 2.19. The molecule has 0 radical (unpaired) electrons. The third kappa shape index (κ3) is 3.74. The fourth-order valence-electron chi connectivity index (χ4n) is 1.04. The number of nitrogens with two attached hydrogens (primary N) is 1. The van der Waals surface area contributed by atoms with Crippen LogP contribution in [0.4, 0.5) is 28.9 Å². The Kier molecular flexibility index (Phi) is 4.21. The van der Waals surface area contributed by atoms with Gasteiger partial charge >= 0.3 is 6.18 Å². The number of alkyl halides is 3. The Hall–Kier alpha value is -1.02. The summed E-state index contributed by atoms with van der Waals surface area (Å²) in [5.41, 5.74) is 5.53. The molecule has 0 saturated heterocycles. The molecule has 0 aliphatic carbocycles. The van der Waals surface area contributed by atoms with E-state index in [1.165, 1.54) is 6.07 Å². The standard InChI is InChI=1S/C9H9BrF4N2O/c10-4-1-6(15)7(2-5(4)11)16-3-8(17)9(12,13)14/h1-2,8,16-17H,3,15H2. The number of benzene rings is 1. The molecule has 0 spiro atoms. The Bertz CT molecular complexity index is 411. The van der Waals surface area contributed by atoms with Gasteiger partial charge < -0.3 is 16.2 Å². The summed E-state index contributed by atoms with van der Waals surface area (Å²) in [5, 5.41) is 11.0. The Morgan fingerprint density at radius 3 is 2.53 bits per heavy atom. The minimum absolute atomic E-state index is 0.00556. The second-order valence-corrected chi connectivity index (χ2v) is 4.15. The molecule has 17 heavy (non-hydrogen) atoms. The van der Waals surface area contributed by atoms with Crippen molar-refractivity contribution < 1.29 is 22.7 Å². The molecule has 1 rings (SSSR count). The lowest BCUT2D eigenvalue weighted by atomic mass is 10.2. The van der Waals surface area contributed by atoms with Gasteiger partial charge in [0.15, 0.2) is 6.10 Å². The Balaban J connectivity index is 2.73. The van der Waals surface area contributed by atoms with Gasteiger partial charge in [0.1, 0.15) is 5.82 Å². The SMILES string of the molecule is Nc1cc(Br)c(F)cc1NCC(O)C(F)(F)F. The molecule has 0 aliphatic heterocycles. The fourth-order valence-corrected chi connectivity index (χ4v) is 1.40. The van der Waals surface area contributed by atoms with Crippen LogP contribution in [0.3, 0.4) is 0 Å². The number of hydrogen-bond donors (Lipinski definition) is 3. The summed E-state index contributed by atoms with van der Waals surface area (Å²) in [6.45, 7) is -0.797. The van der Waals surface area contributed by atoms with Gasteiger partial charge in [0.25, 0.3) is 0 Å². The minimum atomic E-state index is -4.73. The van der Waals surface area contributed by atoms with E-state index < -0.39 is 24.6 Å². The van der Waals surface area contributed by atoms with Crippen molar-refractivity contribution in [3.63, 3.8) is 0 Å². The Morgan fingerprint density at radius 2 is 2.00 bits per heavy atom. The quantitative estimate of drug-likeness (QED) is 0.593. The van der Waals surface area contributed by atoms with E-state index in [2.05, 4.69) is 21.2 Å². The molecule has 0 heterocycles. The van der Waals surface area contributed by atoms with E-state index in [4.69, 9.17) is 10.8 Å². The van der Waals surface area contributed by atoms with Gasteiger partial charge in [-0.05, 0) is 22.0 Å². The Labute approximate surface area is 103 Å². The van der Waals surface area contributed by atoms with E-state index in [0.29, 0.717) is 0 Å². The zero-order chi connectivity index (χ0) is 13.2. The molecule has 1 unspecified atom stereocenters. The first-order chi connectivity index (χ1) is 7.71. The lowest BCUT2D eigenvalue weighted by Crippen LogP contribution is -2.35. The molecule has 0 bridgehead atoms. The van der Waals surface area contributed by atoms with E-state index in [0.717, 1.165) is 6.07 Å². The van der Waals surface area contributed by atoms with E-state index >= 15 is 0 Å². The molecule has 1 aromatic rings. The van der Waals surface area contributed by atoms with Crippen molar-refractivity contribution in [1.29, 1.82) is 0 Å². The third-order valence-corrected chi connectivity index (χ3v) is 2.56. The number of aliphatic hydroxyl groups excluding tert-OH is 1. The average molecular weight is 317 g/mol. The number of rotatable bonds is 3. The summed E-state index contributed by atoms with van der Waals surface area (Å²) in [5.74, 6) is -0.664. The number of nitrogen functional groups attached to an aromatic ring is 1. The van der Waals surface area contributed by atoms with Crippen molar-refractivity contribution in [2.45, 2.75) is 12.3 Å². The summed E-state index contributed by atoms with van der Waals surface area (Å²) < 4.78 is 49.2. The molecule has 1 atom stereocenters. The van der Waals surface area contributed by atoms with Crippen LogP contribution in [-0.2, 0) is 0 Å². The third-order valence-electron chi connectivity index (χ3n) is 1.96. The van der Waals surface area contributed by atoms with Crippen LogP contribution < -0.4 is 11.1 Å². The lowest BCUT2D eigenvalue weighted by molar-refractivity contribution is -0.198. The maximum absolute atomic E-state index is 13.1. The van der Waals surface area contributed by atoms with Gasteiger partial charge in [0, 0.05) is 12.6 Å². The van der Waals surface area contributed by atoms with Gasteiger partial charge in [-0.15, -0.1) is 0 Å². The molecule has 0 fully saturated rings. The van der Waals surface area contributed by atoms with Gasteiger partial charge in [-0.1, -0.05) is 0 Å². The number of anilines is 2. The first kappa shape index (κ1) is 14.0. The molecule has 3 nitrogen and oxygen atoms in total. The first-order valence-electron chi connectivity index (χ1n) is 4.45. The second kappa shape index (κ2) is 5.09. The van der Waals surface area contributed by atoms with Crippen LogP contribution in [0.5, 0.6) is 0 Å². The largest absolute Gasteiger partial charge is 0.416 e. The zero-order valence-corrected chi connectivity index (χ0v) is 9.94. The van der Waals surface area contributed by atoms with E-state index in [1.54, 1.807) is 0 Å². The maximum atomic E-state index is 13.1. The number of aliphatic hydroxyl groups is 1. The van der Waals surface area contributed by atoms with Gasteiger partial charge in [0.05, 0.1) is 15.8 Å². The maximum Gasteiger partial charge on any atom is 0.416 e. The van der Waals surface area contributed by atoms with E-state index in [1.807, 2.05) is 0 Å². The fraction of sp³-hybridized carbons (Fsp3) is 0.333. The summed E-state index contributed by atoms with van der Waals surface area (Å²) in [7, 11) is 0. The van der Waals surface area contributed by atoms with Crippen molar-refractivity contribution in [2.24, 2.45) is 0 Å². The van der Waals surface area contributed by atoms with Crippen molar-refractivity contribution in [1.82, 2.24) is 0 Å². The van der Waals surface area contributed by atoms with E-state index in [-0.39, 0.29) is 15.8 Å².